The highest BCUT2D eigenvalue weighted by Crippen LogP contribution is 2.37. The molecule has 34 heavy (non-hydrogen) atoms. The van der Waals surface area contributed by atoms with Crippen molar-refractivity contribution < 1.29 is 18.8 Å². The van der Waals surface area contributed by atoms with Crippen molar-refractivity contribution in [2.24, 2.45) is 11.8 Å². The van der Waals surface area contributed by atoms with E-state index in [1.807, 2.05) is 51.1 Å². The SMILES string of the molecule is CCN1C(=O)C(CCNc2cccc(N(C)C(=O)C(C)C)c2)SC1CC(C#N)C(=O)NCCF. The Bertz CT molecular complexity index is 907. The molecule has 8 nitrogen and oxygen atoms in total. The zero-order valence-corrected chi connectivity index (χ0v) is 21.0. The van der Waals surface area contributed by atoms with Gasteiger partial charge in [-0.3, -0.25) is 14.4 Å². The molecule has 0 radical (unpaired) electrons. The number of alkyl halides is 1. The Balaban J connectivity index is 1.95. The molecule has 1 aliphatic heterocycles. The monoisotopic (exact) mass is 491 g/mol. The van der Waals surface area contributed by atoms with Crippen molar-refractivity contribution in [1.29, 1.82) is 5.26 Å². The van der Waals surface area contributed by atoms with Gasteiger partial charge >= 0.3 is 0 Å². The van der Waals surface area contributed by atoms with Crippen LogP contribution in [0.2, 0.25) is 0 Å². The van der Waals surface area contributed by atoms with Gasteiger partial charge in [0.1, 0.15) is 12.6 Å². The smallest absolute Gasteiger partial charge is 0.237 e. The topological polar surface area (TPSA) is 106 Å². The number of carbonyl (C=O) groups is 3. The first-order valence-corrected chi connectivity index (χ1v) is 12.5. The van der Waals surface area contributed by atoms with E-state index < -0.39 is 18.5 Å². The highest BCUT2D eigenvalue weighted by atomic mass is 32.2. The van der Waals surface area contributed by atoms with E-state index in [2.05, 4.69) is 10.6 Å². The fourth-order valence-corrected chi connectivity index (χ4v) is 5.37. The van der Waals surface area contributed by atoms with Crippen LogP contribution in [0.25, 0.3) is 0 Å². The van der Waals surface area contributed by atoms with Crippen LogP contribution in [0.5, 0.6) is 0 Å². The van der Waals surface area contributed by atoms with Gasteiger partial charge in [-0.2, -0.15) is 5.26 Å². The van der Waals surface area contributed by atoms with Crippen LogP contribution in [0.4, 0.5) is 15.8 Å². The van der Waals surface area contributed by atoms with Crippen molar-refractivity contribution >= 4 is 40.9 Å². The molecule has 0 aromatic heterocycles. The minimum absolute atomic E-state index is 0.00355. The summed E-state index contributed by atoms with van der Waals surface area (Å²) in [6.07, 6.45) is 0.786. The number of carbonyl (C=O) groups excluding carboxylic acids is 3. The number of hydrogen-bond acceptors (Lipinski definition) is 6. The third-order valence-corrected chi connectivity index (χ3v) is 7.19. The van der Waals surface area contributed by atoms with Gasteiger partial charge in [-0.25, -0.2) is 4.39 Å². The van der Waals surface area contributed by atoms with E-state index in [1.54, 1.807) is 16.8 Å². The molecule has 3 unspecified atom stereocenters. The maximum atomic E-state index is 12.9. The molecule has 1 fully saturated rings. The second-order valence-corrected chi connectivity index (χ2v) is 9.80. The van der Waals surface area contributed by atoms with E-state index in [0.29, 0.717) is 19.5 Å². The second kappa shape index (κ2) is 13.2. The number of hydrogen-bond donors (Lipinski definition) is 2. The summed E-state index contributed by atoms with van der Waals surface area (Å²) in [5.74, 6) is -1.51. The summed E-state index contributed by atoms with van der Waals surface area (Å²) >= 11 is 1.47. The molecular formula is C24H34FN5O3S. The van der Waals surface area contributed by atoms with Crippen LogP contribution < -0.4 is 15.5 Å². The molecular weight excluding hydrogens is 457 g/mol. The van der Waals surface area contributed by atoms with Gasteiger partial charge in [-0.15, -0.1) is 11.8 Å². The van der Waals surface area contributed by atoms with Crippen LogP contribution in [-0.4, -0.2) is 66.6 Å². The molecule has 3 amide bonds. The van der Waals surface area contributed by atoms with Crippen molar-refractivity contribution in [3.8, 4) is 6.07 Å². The summed E-state index contributed by atoms with van der Waals surface area (Å²) in [5, 5.41) is 14.6. The van der Waals surface area contributed by atoms with Gasteiger partial charge < -0.3 is 20.4 Å². The predicted molar refractivity (Wildman–Crippen MR) is 133 cm³/mol. The normalized spacial score (nSPS) is 18.5. The number of anilines is 2. The molecule has 2 N–H and O–H groups in total. The Hall–Kier alpha value is -2.80. The fraction of sp³-hybridized carbons (Fsp3) is 0.583. The lowest BCUT2D eigenvalue weighted by Gasteiger charge is -2.23. The van der Waals surface area contributed by atoms with Gasteiger partial charge in [0, 0.05) is 50.4 Å². The van der Waals surface area contributed by atoms with Gasteiger partial charge in [0.15, 0.2) is 0 Å². The summed E-state index contributed by atoms with van der Waals surface area (Å²) in [6, 6.07) is 9.55. The average molecular weight is 492 g/mol. The van der Waals surface area contributed by atoms with Crippen LogP contribution in [0.15, 0.2) is 24.3 Å². The van der Waals surface area contributed by atoms with Crippen molar-refractivity contribution in [2.45, 2.75) is 44.2 Å². The van der Waals surface area contributed by atoms with E-state index in [0.717, 1.165) is 11.4 Å². The second-order valence-electron chi connectivity index (χ2n) is 8.42. The number of halogens is 1. The number of amides is 3. The number of nitrogens with zero attached hydrogens (tertiary/aromatic N) is 3. The van der Waals surface area contributed by atoms with Crippen LogP contribution in [0.3, 0.4) is 0 Å². The molecule has 186 valence electrons. The number of thioether (sulfide) groups is 1. The minimum Gasteiger partial charge on any atom is -0.385 e. The molecule has 1 aromatic rings. The van der Waals surface area contributed by atoms with Crippen molar-refractivity contribution in [1.82, 2.24) is 10.2 Å². The van der Waals surface area contributed by atoms with Gasteiger partial charge in [-0.1, -0.05) is 19.9 Å². The molecule has 0 saturated carbocycles. The molecule has 2 rings (SSSR count). The molecule has 0 bridgehead atoms. The number of nitrogens with one attached hydrogen (secondary N) is 2. The first-order chi connectivity index (χ1) is 16.2. The Kier molecular flexibility index (Phi) is 10.6. The van der Waals surface area contributed by atoms with E-state index in [4.69, 9.17) is 0 Å². The lowest BCUT2D eigenvalue weighted by Crippen LogP contribution is -2.38. The molecule has 1 aliphatic rings. The first-order valence-electron chi connectivity index (χ1n) is 11.5. The lowest BCUT2D eigenvalue weighted by molar-refractivity contribution is -0.131. The largest absolute Gasteiger partial charge is 0.385 e. The molecule has 1 saturated heterocycles. The van der Waals surface area contributed by atoms with Gasteiger partial charge in [0.05, 0.1) is 16.7 Å². The number of nitriles is 1. The molecule has 3 atom stereocenters. The van der Waals surface area contributed by atoms with Gasteiger partial charge in [0.2, 0.25) is 17.7 Å². The summed E-state index contributed by atoms with van der Waals surface area (Å²) < 4.78 is 12.3. The highest BCUT2D eigenvalue weighted by Gasteiger charge is 2.40. The van der Waals surface area contributed by atoms with Crippen LogP contribution >= 0.6 is 11.8 Å². The molecule has 0 spiro atoms. The quantitative estimate of drug-likeness (QED) is 0.466. The average Bonchev–Trinajstić information content (AvgIpc) is 3.13. The predicted octanol–water partition coefficient (Wildman–Crippen LogP) is 3.01. The molecule has 1 aromatic carbocycles. The molecule has 10 heteroatoms. The van der Waals surface area contributed by atoms with Crippen LogP contribution in [-0.2, 0) is 14.4 Å². The lowest BCUT2D eigenvalue weighted by atomic mass is 10.1. The minimum atomic E-state index is -0.934. The third-order valence-electron chi connectivity index (χ3n) is 5.67. The number of rotatable bonds is 12. The Labute approximate surface area is 205 Å². The van der Waals surface area contributed by atoms with Crippen molar-refractivity contribution in [3.05, 3.63) is 24.3 Å². The van der Waals surface area contributed by atoms with Gasteiger partial charge in [0.25, 0.3) is 0 Å². The Morgan fingerprint density at radius 3 is 2.68 bits per heavy atom. The standard InChI is InChI=1S/C24H34FN5O3S/c1-5-30-21(13-17(15-26)22(31)28-12-10-25)34-20(24(30)33)9-11-27-18-7-6-8-19(14-18)29(4)23(32)16(2)3/h6-8,14,16-17,20-21,27H,5,9-13H2,1-4H3,(H,28,31). The van der Waals surface area contributed by atoms with Crippen LogP contribution in [0, 0.1) is 23.2 Å². The summed E-state index contributed by atoms with van der Waals surface area (Å²) in [7, 11) is 1.75. The zero-order chi connectivity index (χ0) is 25.3. The maximum absolute atomic E-state index is 12.9. The van der Waals surface area contributed by atoms with E-state index in [-0.39, 0.29) is 41.3 Å². The summed E-state index contributed by atoms with van der Waals surface area (Å²) in [5.41, 5.74) is 1.65. The van der Waals surface area contributed by atoms with Crippen LogP contribution in [0.1, 0.15) is 33.6 Å². The third kappa shape index (κ3) is 7.10. The highest BCUT2D eigenvalue weighted by molar-refractivity contribution is 8.01. The van der Waals surface area contributed by atoms with Crippen molar-refractivity contribution in [2.75, 3.05) is 43.6 Å². The fourth-order valence-electron chi connectivity index (χ4n) is 3.78. The molecule has 1 heterocycles. The Morgan fingerprint density at radius 1 is 1.32 bits per heavy atom. The van der Waals surface area contributed by atoms with Gasteiger partial charge in [-0.05, 0) is 31.5 Å². The first kappa shape index (κ1) is 27.4. The number of benzene rings is 1. The van der Waals surface area contributed by atoms with E-state index in [1.165, 1.54) is 11.8 Å². The summed E-state index contributed by atoms with van der Waals surface area (Å²) in [4.78, 5) is 40.6. The van der Waals surface area contributed by atoms with E-state index >= 15 is 0 Å². The molecule has 0 aliphatic carbocycles. The van der Waals surface area contributed by atoms with Crippen molar-refractivity contribution in [3.63, 3.8) is 0 Å². The Morgan fingerprint density at radius 2 is 2.06 bits per heavy atom. The maximum Gasteiger partial charge on any atom is 0.237 e. The summed E-state index contributed by atoms with van der Waals surface area (Å²) in [6.45, 7) is 5.82. The zero-order valence-electron chi connectivity index (χ0n) is 20.2. The van der Waals surface area contributed by atoms with E-state index in [9.17, 15) is 24.0 Å².